The summed E-state index contributed by atoms with van der Waals surface area (Å²) in [5.41, 5.74) is -0.0371. The number of imide groups is 1. The Kier molecular flexibility index (Phi) is 8.08. The third kappa shape index (κ3) is 4.84. The predicted molar refractivity (Wildman–Crippen MR) is 160 cm³/mol. The van der Waals surface area contributed by atoms with Crippen LogP contribution in [0.4, 0.5) is 4.79 Å². The minimum Gasteiger partial charge on any atom is -0.338 e. The number of hydrogen-bond donors (Lipinski definition) is 1. The number of carbonyl (C=O) groups excluding carboxylic acids is 3. The summed E-state index contributed by atoms with van der Waals surface area (Å²) >= 11 is 1.58. The number of rotatable bonds is 4. The Morgan fingerprint density at radius 3 is 2.33 bits per heavy atom. The van der Waals surface area contributed by atoms with Crippen LogP contribution in [0, 0.1) is 34.5 Å². The number of amides is 4. The van der Waals surface area contributed by atoms with Crippen LogP contribution in [-0.2, 0) is 9.59 Å². The molecule has 0 aromatic carbocycles. The van der Waals surface area contributed by atoms with Gasteiger partial charge < -0.3 is 4.90 Å². The minimum absolute atomic E-state index is 0.0133. The Hall–Kier alpha value is -1.50. The molecule has 6 nitrogen and oxygen atoms in total. The van der Waals surface area contributed by atoms with Gasteiger partial charge in [-0.25, -0.2) is 4.79 Å². The van der Waals surface area contributed by atoms with E-state index in [2.05, 4.69) is 24.6 Å². The van der Waals surface area contributed by atoms with E-state index in [4.69, 9.17) is 0 Å². The number of carbonyl (C=O) groups is 3. The van der Waals surface area contributed by atoms with E-state index in [0.717, 1.165) is 77.0 Å². The lowest BCUT2D eigenvalue weighted by Crippen LogP contribution is -2.60. The molecule has 0 spiro atoms. The van der Waals surface area contributed by atoms with E-state index < -0.39 is 0 Å². The van der Waals surface area contributed by atoms with E-state index in [-0.39, 0.29) is 46.7 Å². The highest BCUT2D eigenvalue weighted by atomic mass is 32.2. The van der Waals surface area contributed by atoms with Gasteiger partial charge in [0.25, 0.3) is 0 Å². The number of nitrogens with zero attached hydrogens (tertiary/aromatic N) is 2. The van der Waals surface area contributed by atoms with Crippen molar-refractivity contribution >= 4 is 29.8 Å². The third-order valence-electron chi connectivity index (χ3n) is 12.7. The molecule has 0 aromatic rings. The van der Waals surface area contributed by atoms with E-state index in [9.17, 15) is 14.4 Å². The van der Waals surface area contributed by atoms with Crippen LogP contribution in [0.5, 0.6) is 0 Å². The molecule has 0 bridgehead atoms. The Balaban J connectivity index is 1.20. The summed E-state index contributed by atoms with van der Waals surface area (Å²) < 4.78 is 3.17. The maximum atomic E-state index is 14.5. The summed E-state index contributed by atoms with van der Waals surface area (Å²) in [4.78, 5) is 44.5. The van der Waals surface area contributed by atoms with Gasteiger partial charge in [-0.2, -0.15) is 0 Å². The van der Waals surface area contributed by atoms with Gasteiger partial charge in [0.1, 0.15) is 0 Å². The zero-order valence-electron chi connectivity index (χ0n) is 25.0. The fourth-order valence-electron chi connectivity index (χ4n) is 10.5. The molecule has 7 atom stereocenters. The van der Waals surface area contributed by atoms with Crippen molar-refractivity contribution in [1.82, 2.24) is 14.5 Å². The number of hydrogen-bond acceptors (Lipinski definition) is 4. The van der Waals surface area contributed by atoms with Crippen molar-refractivity contribution in [2.24, 2.45) is 34.5 Å². The second kappa shape index (κ2) is 11.3. The molecule has 222 valence electrons. The summed E-state index contributed by atoms with van der Waals surface area (Å²) in [5, 5.41) is 0.476. The van der Waals surface area contributed by atoms with Crippen LogP contribution >= 0.6 is 11.9 Å². The average Bonchev–Trinajstić information content (AvgIpc) is 3.33. The first-order valence-electron chi connectivity index (χ1n) is 16.5. The van der Waals surface area contributed by atoms with Gasteiger partial charge in [-0.15, -0.1) is 0 Å². The second-order valence-electron chi connectivity index (χ2n) is 14.6. The van der Waals surface area contributed by atoms with Crippen LogP contribution in [0.1, 0.15) is 117 Å². The molecule has 6 aliphatic rings. The van der Waals surface area contributed by atoms with Crippen molar-refractivity contribution in [3.63, 3.8) is 0 Å². The van der Waals surface area contributed by atoms with E-state index in [1.165, 1.54) is 25.7 Å². The van der Waals surface area contributed by atoms with E-state index in [0.29, 0.717) is 23.0 Å². The molecular formula is C33H51N3O3S. The van der Waals surface area contributed by atoms with Crippen molar-refractivity contribution in [2.45, 2.75) is 134 Å². The van der Waals surface area contributed by atoms with Crippen molar-refractivity contribution in [3.05, 3.63) is 12.2 Å². The van der Waals surface area contributed by atoms with Gasteiger partial charge in [0, 0.05) is 35.7 Å². The lowest BCUT2D eigenvalue weighted by molar-refractivity contribution is -0.147. The molecular weight excluding hydrogens is 518 g/mol. The summed E-state index contributed by atoms with van der Waals surface area (Å²) in [7, 11) is 1.98. The molecule has 0 radical (unpaired) electrons. The number of likely N-dealkylation sites (N-methyl/N-ethyl adjacent to an activating group) is 1. The lowest BCUT2D eigenvalue weighted by Gasteiger charge is -2.60. The molecule has 6 rings (SSSR count). The summed E-state index contributed by atoms with van der Waals surface area (Å²) in [5.74, 6) is 1.83. The van der Waals surface area contributed by atoms with Crippen LogP contribution < -0.4 is 4.72 Å². The predicted octanol–water partition coefficient (Wildman–Crippen LogP) is 7.09. The van der Waals surface area contributed by atoms with Crippen LogP contribution in [0.25, 0.3) is 0 Å². The zero-order valence-corrected chi connectivity index (χ0v) is 25.9. The molecule has 1 heterocycles. The summed E-state index contributed by atoms with van der Waals surface area (Å²) in [6.07, 6.45) is 21.8. The second-order valence-corrected chi connectivity index (χ2v) is 15.7. The topological polar surface area (TPSA) is 69.7 Å². The fraction of sp³-hybridized carbons (Fsp3) is 0.848. The van der Waals surface area contributed by atoms with Gasteiger partial charge in [0.15, 0.2) is 0 Å². The molecule has 40 heavy (non-hydrogen) atoms. The van der Waals surface area contributed by atoms with Crippen molar-refractivity contribution in [3.8, 4) is 0 Å². The minimum atomic E-state index is -0.152. The van der Waals surface area contributed by atoms with Gasteiger partial charge in [-0.05, 0) is 105 Å². The SMILES string of the molecule is CN1C(=O)C=C[C@@]2(C)C1CC[C@@H]1[C@H]2CC[C@]2(C)C(C(=O)N(C(=O)NSC3CCCCC3)C3CCCCC3)CC[C@@H]12. The van der Waals surface area contributed by atoms with Gasteiger partial charge in [0.05, 0.1) is 0 Å². The lowest BCUT2D eigenvalue weighted by atomic mass is 9.47. The normalized spacial score (nSPS) is 40.2. The number of urea groups is 1. The van der Waals surface area contributed by atoms with Crippen molar-refractivity contribution < 1.29 is 14.4 Å². The molecule has 7 heteroatoms. The first kappa shape index (κ1) is 28.6. The maximum absolute atomic E-state index is 14.5. The monoisotopic (exact) mass is 569 g/mol. The quantitative estimate of drug-likeness (QED) is 0.367. The molecule has 5 fully saturated rings. The highest BCUT2D eigenvalue weighted by molar-refractivity contribution is 7.98. The summed E-state index contributed by atoms with van der Waals surface area (Å²) in [6.45, 7) is 4.77. The average molecular weight is 570 g/mol. The molecule has 1 N–H and O–H groups in total. The highest BCUT2D eigenvalue weighted by Crippen LogP contribution is 2.65. The molecule has 0 aromatic heterocycles. The third-order valence-corrected chi connectivity index (χ3v) is 13.8. The Labute approximate surface area is 246 Å². The molecule has 5 aliphatic carbocycles. The molecule has 2 unspecified atom stereocenters. The van der Waals surface area contributed by atoms with Gasteiger partial charge >= 0.3 is 6.03 Å². The van der Waals surface area contributed by atoms with Crippen LogP contribution in [-0.4, -0.2) is 52.0 Å². The van der Waals surface area contributed by atoms with Gasteiger partial charge in [0.2, 0.25) is 11.8 Å². The van der Waals surface area contributed by atoms with Crippen molar-refractivity contribution in [1.29, 1.82) is 0 Å². The smallest absolute Gasteiger partial charge is 0.334 e. The molecule has 4 amide bonds. The first-order chi connectivity index (χ1) is 19.2. The van der Waals surface area contributed by atoms with Gasteiger partial charge in [-0.1, -0.05) is 58.4 Å². The fourth-order valence-corrected chi connectivity index (χ4v) is 11.4. The zero-order chi connectivity index (χ0) is 28.1. The Bertz CT molecular complexity index is 1020. The summed E-state index contributed by atoms with van der Waals surface area (Å²) in [6, 6.07) is 0.171. The van der Waals surface area contributed by atoms with Crippen LogP contribution in [0.2, 0.25) is 0 Å². The molecule has 1 aliphatic heterocycles. The van der Waals surface area contributed by atoms with Crippen LogP contribution in [0.3, 0.4) is 0 Å². The standard InChI is InChI=1S/C33H51N3O3S/c1-32-20-18-26-24(14-17-28-33(26,2)21-19-29(37)35(28)3)25(32)15-16-27(32)30(38)36(22-10-6-4-7-11-22)31(39)34-40-23-12-8-5-9-13-23/h19,21-28H,4-18,20H2,1-3H3,(H,34,39)/t24-,25-,26+,27?,28?,32-,33+/m0/s1. The number of nitrogens with one attached hydrogen (secondary N) is 1. The molecule has 0 saturated heterocycles. The van der Waals surface area contributed by atoms with E-state index in [1.54, 1.807) is 22.9 Å². The van der Waals surface area contributed by atoms with Crippen molar-refractivity contribution in [2.75, 3.05) is 7.05 Å². The Morgan fingerprint density at radius 2 is 1.60 bits per heavy atom. The first-order valence-corrected chi connectivity index (χ1v) is 17.4. The highest BCUT2D eigenvalue weighted by Gasteiger charge is 2.62. The largest absolute Gasteiger partial charge is 0.338 e. The van der Waals surface area contributed by atoms with E-state index in [1.807, 2.05) is 11.9 Å². The molecule has 5 saturated carbocycles. The maximum Gasteiger partial charge on any atom is 0.334 e. The Morgan fingerprint density at radius 1 is 0.900 bits per heavy atom. The van der Waals surface area contributed by atoms with E-state index >= 15 is 0 Å². The van der Waals surface area contributed by atoms with Crippen LogP contribution in [0.15, 0.2) is 12.2 Å². The number of fused-ring (bicyclic) bond motifs is 5. The van der Waals surface area contributed by atoms with Gasteiger partial charge in [-0.3, -0.25) is 19.2 Å².